The van der Waals surface area contributed by atoms with Gasteiger partial charge < -0.3 is 10.2 Å². The van der Waals surface area contributed by atoms with Gasteiger partial charge in [-0.05, 0) is 37.3 Å². The standard InChI is InChI=1S/C17H24N2O/c1-2-7-14-9-5-6-11-19(14)17(20)16-12-13-8-3-4-10-15(13)18-16/h3-4,8,10,14,16,18H,2,5-7,9,11-12H2,1H3. The van der Waals surface area contributed by atoms with Gasteiger partial charge in [-0.1, -0.05) is 31.5 Å². The van der Waals surface area contributed by atoms with Crippen molar-refractivity contribution in [2.24, 2.45) is 0 Å². The van der Waals surface area contributed by atoms with Crippen LogP contribution in [0.4, 0.5) is 5.69 Å². The lowest BCUT2D eigenvalue weighted by atomic mass is 9.97. The second-order valence-electron chi connectivity index (χ2n) is 6.03. The zero-order valence-corrected chi connectivity index (χ0v) is 12.3. The SMILES string of the molecule is CCCC1CCCCN1C(=O)C1Cc2ccccc2N1. The summed E-state index contributed by atoms with van der Waals surface area (Å²) in [7, 11) is 0. The first kappa shape index (κ1) is 13.5. The van der Waals surface area contributed by atoms with Gasteiger partial charge in [0.05, 0.1) is 0 Å². The predicted octanol–water partition coefficient (Wildman–Crippen LogP) is 3.20. The molecular formula is C17H24N2O. The van der Waals surface area contributed by atoms with Gasteiger partial charge in [0.15, 0.2) is 0 Å². The lowest BCUT2D eigenvalue weighted by Crippen LogP contribution is -2.49. The normalized spacial score (nSPS) is 25.1. The van der Waals surface area contributed by atoms with E-state index in [2.05, 4.69) is 29.3 Å². The molecule has 1 aromatic carbocycles. The van der Waals surface area contributed by atoms with Gasteiger partial charge in [0, 0.05) is 24.7 Å². The molecule has 3 nitrogen and oxygen atoms in total. The molecule has 2 aliphatic heterocycles. The molecule has 1 amide bonds. The number of para-hydroxylation sites is 1. The largest absolute Gasteiger partial charge is 0.373 e. The average molecular weight is 272 g/mol. The van der Waals surface area contributed by atoms with Crippen molar-refractivity contribution in [1.29, 1.82) is 0 Å². The summed E-state index contributed by atoms with van der Waals surface area (Å²) in [6, 6.07) is 8.68. The molecule has 1 aromatic rings. The van der Waals surface area contributed by atoms with E-state index in [9.17, 15) is 4.79 Å². The molecule has 3 rings (SSSR count). The Hall–Kier alpha value is -1.51. The molecule has 1 saturated heterocycles. The molecule has 0 aliphatic carbocycles. The zero-order chi connectivity index (χ0) is 13.9. The molecule has 20 heavy (non-hydrogen) atoms. The third-order valence-corrected chi connectivity index (χ3v) is 4.60. The third kappa shape index (κ3) is 2.54. The lowest BCUT2D eigenvalue weighted by Gasteiger charge is -2.37. The number of carbonyl (C=O) groups excluding carboxylic acids is 1. The molecule has 2 unspecified atom stereocenters. The van der Waals surface area contributed by atoms with Crippen LogP contribution in [0, 0.1) is 0 Å². The molecule has 0 saturated carbocycles. The van der Waals surface area contributed by atoms with Crippen molar-refractivity contribution in [2.45, 2.75) is 57.5 Å². The van der Waals surface area contributed by atoms with Gasteiger partial charge in [0.1, 0.15) is 6.04 Å². The summed E-state index contributed by atoms with van der Waals surface area (Å²) in [6.45, 7) is 3.15. The van der Waals surface area contributed by atoms with Gasteiger partial charge in [-0.15, -0.1) is 0 Å². The Balaban J connectivity index is 1.70. The van der Waals surface area contributed by atoms with E-state index < -0.39 is 0 Å². The summed E-state index contributed by atoms with van der Waals surface area (Å²) in [4.78, 5) is 15.0. The highest BCUT2D eigenvalue weighted by atomic mass is 16.2. The number of piperidine rings is 1. The number of anilines is 1. The topological polar surface area (TPSA) is 32.3 Å². The fourth-order valence-corrected chi connectivity index (χ4v) is 3.57. The second-order valence-corrected chi connectivity index (χ2v) is 6.03. The van der Waals surface area contributed by atoms with Crippen molar-refractivity contribution in [2.75, 3.05) is 11.9 Å². The fourth-order valence-electron chi connectivity index (χ4n) is 3.57. The summed E-state index contributed by atoms with van der Waals surface area (Å²) in [6.07, 6.45) is 6.75. The molecule has 0 aromatic heterocycles. The number of hydrogen-bond acceptors (Lipinski definition) is 2. The molecule has 0 spiro atoms. The molecule has 1 N–H and O–H groups in total. The Morgan fingerprint density at radius 1 is 1.35 bits per heavy atom. The summed E-state index contributed by atoms with van der Waals surface area (Å²) in [5.41, 5.74) is 2.41. The molecule has 2 aliphatic rings. The summed E-state index contributed by atoms with van der Waals surface area (Å²) in [5, 5.41) is 3.40. The van der Waals surface area contributed by atoms with Gasteiger partial charge in [0.2, 0.25) is 5.91 Å². The number of rotatable bonds is 3. The van der Waals surface area contributed by atoms with E-state index >= 15 is 0 Å². The number of nitrogens with zero attached hydrogens (tertiary/aromatic N) is 1. The van der Waals surface area contributed by atoms with E-state index in [0.29, 0.717) is 11.9 Å². The first-order valence-electron chi connectivity index (χ1n) is 7.94. The summed E-state index contributed by atoms with van der Waals surface area (Å²) >= 11 is 0. The molecule has 3 heteroatoms. The molecule has 2 atom stereocenters. The smallest absolute Gasteiger partial charge is 0.245 e. The maximum absolute atomic E-state index is 12.8. The van der Waals surface area contributed by atoms with Gasteiger partial charge in [-0.25, -0.2) is 0 Å². The van der Waals surface area contributed by atoms with E-state index in [4.69, 9.17) is 0 Å². The monoisotopic (exact) mass is 272 g/mol. The second kappa shape index (κ2) is 5.86. The highest BCUT2D eigenvalue weighted by Crippen LogP contribution is 2.28. The molecule has 108 valence electrons. The average Bonchev–Trinajstić information content (AvgIpc) is 2.91. The van der Waals surface area contributed by atoms with E-state index in [1.54, 1.807) is 0 Å². The van der Waals surface area contributed by atoms with E-state index in [-0.39, 0.29) is 6.04 Å². The van der Waals surface area contributed by atoms with Gasteiger partial charge in [0.25, 0.3) is 0 Å². The van der Waals surface area contributed by atoms with Crippen LogP contribution in [-0.2, 0) is 11.2 Å². The Kier molecular flexibility index (Phi) is 3.95. The van der Waals surface area contributed by atoms with E-state index in [0.717, 1.165) is 37.9 Å². The molecular weight excluding hydrogens is 248 g/mol. The highest BCUT2D eigenvalue weighted by molar-refractivity contribution is 5.87. The first-order valence-corrected chi connectivity index (χ1v) is 7.94. The first-order chi connectivity index (χ1) is 9.79. The third-order valence-electron chi connectivity index (χ3n) is 4.60. The van der Waals surface area contributed by atoms with Crippen molar-refractivity contribution in [3.05, 3.63) is 29.8 Å². The highest BCUT2D eigenvalue weighted by Gasteiger charge is 2.34. The van der Waals surface area contributed by atoms with Gasteiger partial charge in [-0.2, -0.15) is 0 Å². The minimum absolute atomic E-state index is 0.0511. The van der Waals surface area contributed by atoms with Crippen LogP contribution in [-0.4, -0.2) is 29.4 Å². The van der Waals surface area contributed by atoms with E-state index in [1.807, 2.05) is 12.1 Å². The quantitative estimate of drug-likeness (QED) is 0.916. The lowest BCUT2D eigenvalue weighted by molar-refractivity contribution is -0.135. The maximum atomic E-state index is 12.8. The number of fused-ring (bicyclic) bond motifs is 1. The molecule has 1 fully saturated rings. The van der Waals surface area contributed by atoms with Crippen LogP contribution in [0.3, 0.4) is 0 Å². The molecule has 0 radical (unpaired) electrons. The van der Waals surface area contributed by atoms with Crippen LogP contribution in [0.5, 0.6) is 0 Å². The zero-order valence-electron chi connectivity index (χ0n) is 12.3. The van der Waals surface area contributed by atoms with Crippen LogP contribution in [0.15, 0.2) is 24.3 Å². The fraction of sp³-hybridized carbons (Fsp3) is 0.588. The Bertz CT molecular complexity index is 459. The van der Waals surface area contributed by atoms with Crippen LogP contribution in [0.2, 0.25) is 0 Å². The Morgan fingerprint density at radius 2 is 2.20 bits per heavy atom. The number of nitrogens with one attached hydrogen (secondary N) is 1. The Morgan fingerprint density at radius 3 is 3.00 bits per heavy atom. The molecule has 0 bridgehead atoms. The van der Waals surface area contributed by atoms with Crippen LogP contribution >= 0.6 is 0 Å². The minimum Gasteiger partial charge on any atom is -0.373 e. The number of benzene rings is 1. The number of amides is 1. The van der Waals surface area contributed by atoms with Crippen molar-refractivity contribution in [3.8, 4) is 0 Å². The van der Waals surface area contributed by atoms with Crippen molar-refractivity contribution in [1.82, 2.24) is 4.90 Å². The number of likely N-dealkylation sites (tertiary alicyclic amines) is 1. The van der Waals surface area contributed by atoms with E-state index in [1.165, 1.54) is 18.4 Å². The number of carbonyl (C=O) groups is 1. The number of hydrogen-bond donors (Lipinski definition) is 1. The van der Waals surface area contributed by atoms with Crippen LogP contribution in [0.25, 0.3) is 0 Å². The predicted molar refractivity (Wildman–Crippen MR) is 81.8 cm³/mol. The van der Waals surface area contributed by atoms with Gasteiger partial charge >= 0.3 is 0 Å². The van der Waals surface area contributed by atoms with Gasteiger partial charge in [-0.3, -0.25) is 4.79 Å². The van der Waals surface area contributed by atoms with Crippen molar-refractivity contribution in [3.63, 3.8) is 0 Å². The molecule has 2 heterocycles. The summed E-state index contributed by atoms with van der Waals surface area (Å²) in [5.74, 6) is 0.305. The van der Waals surface area contributed by atoms with Crippen molar-refractivity contribution < 1.29 is 4.79 Å². The maximum Gasteiger partial charge on any atom is 0.245 e. The van der Waals surface area contributed by atoms with Crippen LogP contribution in [0.1, 0.15) is 44.6 Å². The Labute approximate surface area is 121 Å². The van der Waals surface area contributed by atoms with Crippen LogP contribution < -0.4 is 5.32 Å². The minimum atomic E-state index is -0.0511. The van der Waals surface area contributed by atoms with Crippen molar-refractivity contribution >= 4 is 11.6 Å². The summed E-state index contributed by atoms with van der Waals surface area (Å²) < 4.78 is 0.